The van der Waals surface area contributed by atoms with Gasteiger partial charge in [0, 0.05) is 10.0 Å². The van der Waals surface area contributed by atoms with Gasteiger partial charge in [0.05, 0.1) is 27.2 Å². The standard InChI is InChI=1S/C7H14N5/c1-11-5-3-4-6-12(2)7(11)9-10-8/h3-6H2,1-2H3/q+1. The number of rotatable bonds is 0. The lowest BCUT2D eigenvalue weighted by atomic mass is 10.3. The molecule has 0 saturated heterocycles. The molecular formula is C7H14N5+. The fourth-order valence-electron chi connectivity index (χ4n) is 1.38. The highest BCUT2D eigenvalue weighted by molar-refractivity contribution is 5.75. The van der Waals surface area contributed by atoms with Crippen LogP contribution in [0.2, 0.25) is 0 Å². The summed E-state index contributed by atoms with van der Waals surface area (Å²) >= 11 is 0. The molecule has 0 aromatic rings. The van der Waals surface area contributed by atoms with Crippen LogP contribution in [-0.2, 0) is 0 Å². The Hall–Kier alpha value is -1.22. The van der Waals surface area contributed by atoms with Crippen molar-refractivity contribution in [2.24, 2.45) is 5.11 Å². The normalized spacial score (nSPS) is 18.7. The molecule has 0 atom stereocenters. The van der Waals surface area contributed by atoms with E-state index in [1.807, 2.05) is 23.6 Å². The van der Waals surface area contributed by atoms with Gasteiger partial charge in [-0.2, -0.15) is 0 Å². The molecule has 0 aromatic heterocycles. The third-order valence-corrected chi connectivity index (χ3v) is 2.05. The molecule has 0 bridgehead atoms. The molecule has 1 aliphatic rings. The van der Waals surface area contributed by atoms with Gasteiger partial charge in [0.1, 0.15) is 0 Å². The highest BCUT2D eigenvalue weighted by Crippen LogP contribution is 2.01. The van der Waals surface area contributed by atoms with Gasteiger partial charge < -0.3 is 0 Å². The summed E-state index contributed by atoms with van der Waals surface area (Å²) in [5.74, 6) is 0.731. The van der Waals surface area contributed by atoms with E-state index < -0.39 is 0 Å². The molecule has 0 aromatic carbocycles. The minimum Gasteiger partial charge on any atom is -0.294 e. The Labute approximate surface area is 71.9 Å². The maximum atomic E-state index is 8.33. The molecule has 5 heteroatoms. The SMILES string of the molecule is CN1CCCC[N+](C)=C1N=[N+]=[N-]. The summed E-state index contributed by atoms with van der Waals surface area (Å²) in [5.41, 5.74) is 8.33. The lowest BCUT2D eigenvalue weighted by molar-refractivity contribution is -0.501. The van der Waals surface area contributed by atoms with Gasteiger partial charge in [-0.15, -0.1) is 0 Å². The van der Waals surface area contributed by atoms with Crippen LogP contribution in [0.3, 0.4) is 0 Å². The molecule has 1 rings (SSSR count). The van der Waals surface area contributed by atoms with Gasteiger partial charge in [-0.25, -0.2) is 0 Å². The first-order valence-electron chi connectivity index (χ1n) is 4.10. The monoisotopic (exact) mass is 168 g/mol. The van der Waals surface area contributed by atoms with Crippen LogP contribution in [0.15, 0.2) is 5.11 Å². The number of hydrogen-bond acceptors (Lipinski definition) is 2. The van der Waals surface area contributed by atoms with Crippen molar-refractivity contribution in [1.29, 1.82) is 0 Å². The van der Waals surface area contributed by atoms with Crippen LogP contribution in [0.4, 0.5) is 0 Å². The van der Waals surface area contributed by atoms with Crippen LogP contribution in [0, 0.1) is 0 Å². The summed E-state index contributed by atoms with van der Waals surface area (Å²) in [6.07, 6.45) is 2.32. The average molecular weight is 168 g/mol. The topological polar surface area (TPSA) is 55.0 Å². The Bertz CT molecular complexity index is 238. The van der Waals surface area contributed by atoms with E-state index in [0.29, 0.717) is 0 Å². The summed E-state index contributed by atoms with van der Waals surface area (Å²) in [6.45, 7) is 1.94. The summed E-state index contributed by atoms with van der Waals surface area (Å²) in [6, 6.07) is 0. The Kier molecular flexibility index (Phi) is 2.94. The molecule has 0 N–H and O–H groups in total. The van der Waals surface area contributed by atoms with Crippen molar-refractivity contribution >= 4 is 5.96 Å². The zero-order chi connectivity index (χ0) is 8.97. The van der Waals surface area contributed by atoms with Gasteiger partial charge in [-0.3, -0.25) is 9.48 Å². The summed E-state index contributed by atoms with van der Waals surface area (Å²) in [5, 5.41) is 3.65. The summed E-state index contributed by atoms with van der Waals surface area (Å²) in [7, 11) is 3.90. The van der Waals surface area contributed by atoms with Crippen molar-refractivity contribution < 1.29 is 4.58 Å². The van der Waals surface area contributed by atoms with Crippen molar-refractivity contribution in [2.75, 3.05) is 27.2 Å². The molecule has 1 heterocycles. The molecule has 0 amide bonds. The van der Waals surface area contributed by atoms with Gasteiger partial charge in [0.15, 0.2) is 0 Å². The van der Waals surface area contributed by atoms with Gasteiger partial charge in [-0.05, 0) is 18.4 Å². The predicted octanol–water partition coefficient (Wildman–Crippen LogP) is 1.02. The fraction of sp³-hybridized carbons (Fsp3) is 0.857. The highest BCUT2D eigenvalue weighted by Gasteiger charge is 2.15. The predicted molar refractivity (Wildman–Crippen MR) is 47.1 cm³/mol. The lowest BCUT2D eigenvalue weighted by Gasteiger charge is -2.11. The van der Waals surface area contributed by atoms with Crippen LogP contribution in [0.25, 0.3) is 10.4 Å². The largest absolute Gasteiger partial charge is 0.294 e. The Morgan fingerprint density at radius 2 is 2.33 bits per heavy atom. The quantitative estimate of drug-likeness (QED) is 0.230. The molecule has 66 valence electrons. The Morgan fingerprint density at radius 1 is 1.58 bits per heavy atom. The average Bonchev–Trinajstić information content (AvgIpc) is 2.19. The van der Waals surface area contributed by atoms with Crippen molar-refractivity contribution in [1.82, 2.24) is 4.90 Å². The third kappa shape index (κ3) is 1.89. The van der Waals surface area contributed by atoms with Crippen LogP contribution < -0.4 is 0 Å². The van der Waals surface area contributed by atoms with Crippen molar-refractivity contribution in [3.8, 4) is 0 Å². The van der Waals surface area contributed by atoms with Crippen LogP contribution in [0.5, 0.6) is 0 Å². The number of azide groups is 1. The molecular weight excluding hydrogens is 154 g/mol. The fourth-order valence-corrected chi connectivity index (χ4v) is 1.38. The molecule has 5 nitrogen and oxygen atoms in total. The Morgan fingerprint density at radius 3 is 3.00 bits per heavy atom. The molecule has 0 fully saturated rings. The zero-order valence-electron chi connectivity index (χ0n) is 7.56. The van der Waals surface area contributed by atoms with E-state index in [0.717, 1.165) is 31.9 Å². The van der Waals surface area contributed by atoms with Gasteiger partial charge >= 0.3 is 0 Å². The van der Waals surface area contributed by atoms with Crippen LogP contribution in [-0.4, -0.2) is 42.6 Å². The molecule has 12 heavy (non-hydrogen) atoms. The van der Waals surface area contributed by atoms with E-state index in [1.54, 1.807) is 0 Å². The van der Waals surface area contributed by atoms with E-state index in [-0.39, 0.29) is 0 Å². The second-order valence-corrected chi connectivity index (χ2v) is 3.04. The molecule has 0 spiro atoms. The third-order valence-electron chi connectivity index (χ3n) is 2.05. The van der Waals surface area contributed by atoms with Crippen molar-refractivity contribution in [3.05, 3.63) is 10.4 Å². The molecule has 0 aliphatic carbocycles. The molecule has 1 aliphatic heterocycles. The first kappa shape index (κ1) is 8.87. The van der Waals surface area contributed by atoms with E-state index in [2.05, 4.69) is 10.0 Å². The number of guanidine groups is 1. The number of nitrogens with zero attached hydrogens (tertiary/aromatic N) is 5. The van der Waals surface area contributed by atoms with Crippen LogP contribution >= 0.6 is 0 Å². The van der Waals surface area contributed by atoms with E-state index in [4.69, 9.17) is 5.53 Å². The van der Waals surface area contributed by atoms with Gasteiger partial charge in [0.25, 0.3) is 5.96 Å². The number of hydrogen-bond donors (Lipinski definition) is 0. The highest BCUT2D eigenvalue weighted by atomic mass is 15.4. The maximum absolute atomic E-state index is 8.33. The van der Waals surface area contributed by atoms with E-state index >= 15 is 0 Å². The summed E-state index contributed by atoms with van der Waals surface area (Å²) in [4.78, 5) is 4.80. The summed E-state index contributed by atoms with van der Waals surface area (Å²) < 4.78 is 1.99. The molecule has 0 radical (unpaired) electrons. The minimum atomic E-state index is 0.731. The first-order chi connectivity index (χ1) is 5.75. The molecule has 0 unspecified atom stereocenters. The Balaban J connectivity index is 2.90. The smallest absolute Gasteiger partial charge is 0.282 e. The van der Waals surface area contributed by atoms with E-state index in [9.17, 15) is 0 Å². The lowest BCUT2D eigenvalue weighted by Crippen LogP contribution is -2.30. The van der Waals surface area contributed by atoms with Crippen LogP contribution in [0.1, 0.15) is 12.8 Å². The second kappa shape index (κ2) is 3.97. The van der Waals surface area contributed by atoms with Crippen molar-refractivity contribution in [3.63, 3.8) is 0 Å². The minimum absolute atomic E-state index is 0.731. The second-order valence-electron chi connectivity index (χ2n) is 3.04. The molecule has 0 saturated carbocycles. The first-order valence-corrected chi connectivity index (χ1v) is 4.10. The van der Waals surface area contributed by atoms with Gasteiger partial charge in [0.2, 0.25) is 0 Å². The zero-order valence-corrected chi connectivity index (χ0v) is 7.56. The van der Waals surface area contributed by atoms with Crippen molar-refractivity contribution in [2.45, 2.75) is 12.8 Å². The van der Waals surface area contributed by atoms with Gasteiger partial charge in [-0.1, -0.05) is 0 Å². The van der Waals surface area contributed by atoms with E-state index in [1.165, 1.54) is 0 Å². The maximum Gasteiger partial charge on any atom is 0.282 e.